The molecular formula is C12H10O2S. The largest absolute Gasteiger partial charge is 0.508 e. The Labute approximate surface area is 92.2 Å². The molecule has 2 aromatic rings. The van der Waals surface area contributed by atoms with Crippen molar-refractivity contribution in [2.45, 2.75) is 9.79 Å². The zero-order valence-corrected chi connectivity index (χ0v) is 8.74. The van der Waals surface area contributed by atoms with Crippen LogP contribution in [-0.4, -0.2) is 10.2 Å². The standard InChI is InChI=1S/C12H10O2S/c13-9-5-7-10(8-6-9)15-12-4-2-1-3-11(12)14/h1-8,13-14H. The van der Waals surface area contributed by atoms with Crippen molar-refractivity contribution in [1.82, 2.24) is 0 Å². The zero-order valence-electron chi connectivity index (χ0n) is 7.92. The van der Waals surface area contributed by atoms with Crippen LogP contribution in [0.5, 0.6) is 11.5 Å². The molecule has 0 fully saturated rings. The van der Waals surface area contributed by atoms with E-state index in [0.29, 0.717) is 0 Å². The summed E-state index contributed by atoms with van der Waals surface area (Å²) >= 11 is 1.46. The highest BCUT2D eigenvalue weighted by Crippen LogP contribution is 2.34. The van der Waals surface area contributed by atoms with Crippen LogP contribution in [0.15, 0.2) is 58.3 Å². The van der Waals surface area contributed by atoms with E-state index in [9.17, 15) is 5.11 Å². The van der Waals surface area contributed by atoms with Crippen LogP contribution < -0.4 is 0 Å². The fourth-order valence-corrected chi connectivity index (χ4v) is 2.03. The van der Waals surface area contributed by atoms with Crippen LogP contribution in [0.4, 0.5) is 0 Å². The Morgan fingerprint density at radius 2 is 1.47 bits per heavy atom. The topological polar surface area (TPSA) is 40.5 Å². The van der Waals surface area contributed by atoms with E-state index in [1.807, 2.05) is 24.3 Å². The molecule has 76 valence electrons. The Morgan fingerprint density at radius 1 is 0.800 bits per heavy atom. The van der Waals surface area contributed by atoms with Crippen LogP contribution in [0.2, 0.25) is 0 Å². The third-order valence-electron chi connectivity index (χ3n) is 1.93. The Hall–Kier alpha value is -1.61. The van der Waals surface area contributed by atoms with Crippen molar-refractivity contribution in [2.75, 3.05) is 0 Å². The lowest BCUT2D eigenvalue weighted by Crippen LogP contribution is -1.74. The molecule has 0 aliphatic heterocycles. The molecule has 2 aromatic carbocycles. The van der Waals surface area contributed by atoms with Crippen LogP contribution in [-0.2, 0) is 0 Å². The first-order chi connectivity index (χ1) is 7.25. The van der Waals surface area contributed by atoms with Gasteiger partial charge in [-0.2, -0.15) is 0 Å². The second-order valence-electron chi connectivity index (χ2n) is 3.06. The molecule has 0 amide bonds. The van der Waals surface area contributed by atoms with E-state index >= 15 is 0 Å². The van der Waals surface area contributed by atoms with Gasteiger partial charge in [0.1, 0.15) is 11.5 Å². The maximum atomic E-state index is 9.56. The van der Waals surface area contributed by atoms with E-state index < -0.39 is 0 Å². The van der Waals surface area contributed by atoms with Crippen molar-refractivity contribution in [1.29, 1.82) is 0 Å². The van der Waals surface area contributed by atoms with E-state index in [2.05, 4.69) is 0 Å². The van der Waals surface area contributed by atoms with Crippen molar-refractivity contribution in [3.63, 3.8) is 0 Å². The minimum Gasteiger partial charge on any atom is -0.508 e. The molecule has 0 spiro atoms. The molecular weight excluding hydrogens is 208 g/mol. The van der Waals surface area contributed by atoms with Gasteiger partial charge in [-0.05, 0) is 36.4 Å². The second kappa shape index (κ2) is 4.28. The summed E-state index contributed by atoms with van der Waals surface area (Å²) in [5.41, 5.74) is 0. The summed E-state index contributed by atoms with van der Waals surface area (Å²) in [5.74, 6) is 0.521. The Morgan fingerprint density at radius 3 is 2.13 bits per heavy atom. The minimum absolute atomic E-state index is 0.247. The predicted molar refractivity (Wildman–Crippen MR) is 60.3 cm³/mol. The van der Waals surface area contributed by atoms with Gasteiger partial charge in [-0.3, -0.25) is 0 Å². The monoisotopic (exact) mass is 218 g/mol. The van der Waals surface area contributed by atoms with Gasteiger partial charge in [-0.25, -0.2) is 0 Å². The van der Waals surface area contributed by atoms with Crippen LogP contribution in [0.1, 0.15) is 0 Å². The summed E-state index contributed by atoms with van der Waals surface area (Å²) in [5, 5.41) is 18.7. The summed E-state index contributed by atoms with van der Waals surface area (Å²) in [6, 6.07) is 14.1. The molecule has 2 N–H and O–H groups in total. The molecule has 0 saturated heterocycles. The van der Waals surface area contributed by atoms with Crippen molar-refractivity contribution in [2.24, 2.45) is 0 Å². The Balaban J connectivity index is 2.22. The molecule has 0 aliphatic rings. The zero-order chi connectivity index (χ0) is 10.7. The molecule has 3 heteroatoms. The summed E-state index contributed by atoms with van der Waals surface area (Å²) in [4.78, 5) is 1.79. The van der Waals surface area contributed by atoms with Gasteiger partial charge in [-0.1, -0.05) is 23.9 Å². The molecule has 0 aromatic heterocycles. The first-order valence-corrected chi connectivity index (χ1v) is 5.32. The highest BCUT2D eigenvalue weighted by Gasteiger charge is 2.01. The number of rotatable bonds is 2. The highest BCUT2D eigenvalue weighted by molar-refractivity contribution is 7.99. The number of phenolic OH excluding ortho intramolecular Hbond substituents is 2. The smallest absolute Gasteiger partial charge is 0.129 e. The van der Waals surface area contributed by atoms with Gasteiger partial charge >= 0.3 is 0 Å². The van der Waals surface area contributed by atoms with Crippen molar-refractivity contribution < 1.29 is 10.2 Å². The summed E-state index contributed by atoms with van der Waals surface area (Å²) < 4.78 is 0. The van der Waals surface area contributed by atoms with Crippen molar-refractivity contribution >= 4 is 11.8 Å². The number of benzene rings is 2. The quantitative estimate of drug-likeness (QED) is 0.812. The lowest BCUT2D eigenvalue weighted by Gasteiger charge is -2.03. The number of phenols is 2. The van der Waals surface area contributed by atoms with Crippen molar-refractivity contribution in [3.8, 4) is 11.5 Å². The fraction of sp³-hybridized carbons (Fsp3) is 0. The van der Waals surface area contributed by atoms with E-state index in [0.717, 1.165) is 9.79 Å². The second-order valence-corrected chi connectivity index (χ2v) is 4.18. The number of hydrogen-bond donors (Lipinski definition) is 2. The Bertz CT molecular complexity index is 451. The average Bonchev–Trinajstić information content (AvgIpc) is 2.25. The fourth-order valence-electron chi connectivity index (χ4n) is 1.18. The molecule has 2 nitrogen and oxygen atoms in total. The first kappa shape index (κ1) is 9.93. The van der Waals surface area contributed by atoms with Gasteiger partial charge < -0.3 is 10.2 Å². The summed E-state index contributed by atoms with van der Waals surface area (Å²) in [7, 11) is 0. The van der Waals surface area contributed by atoms with Gasteiger partial charge in [0.2, 0.25) is 0 Å². The van der Waals surface area contributed by atoms with Crippen LogP contribution >= 0.6 is 11.8 Å². The molecule has 0 saturated carbocycles. The summed E-state index contributed by atoms with van der Waals surface area (Å²) in [6.45, 7) is 0. The predicted octanol–water partition coefficient (Wildman–Crippen LogP) is 3.25. The number of para-hydroxylation sites is 1. The van der Waals surface area contributed by atoms with Crippen LogP contribution in [0, 0.1) is 0 Å². The lowest BCUT2D eigenvalue weighted by molar-refractivity contribution is 0.462. The highest BCUT2D eigenvalue weighted by atomic mass is 32.2. The number of aromatic hydroxyl groups is 2. The number of hydrogen-bond acceptors (Lipinski definition) is 3. The molecule has 0 unspecified atom stereocenters. The van der Waals surface area contributed by atoms with Gasteiger partial charge in [0.15, 0.2) is 0 Å². The van der Waals surface area contributed by atoms with E-state index in [1.165, 1.54) is 11.8 Å². The molecule has 2 rings (SSSR count). The van der Waals surface area contributed by atoms with Crippen LogP contribution in [0.3, 0.4) is 0 Å². The van der Waals surface area contributed by atoms with Gasteiger partial charge in [0, 0.05) is 4.90 Å². The van der Waals surface area contributed by atoms with E-state index in [-0.39, 0.29) is 11.5 Å². The van der Waals surface area contributed by atoms with Gasteiger partial charge in [0.05, 0.1) is 4.90 Å². The molecule has 0 aliphatic carbocycles. The van der Waals surface area contributed by atoms with E-state index in [4.69, 9.17) is 5.11 Å². The lowest BCUT2D eigenvalue weighted by atomic mass is 10.3. The maximum absolute atomic E-state index is 9.56. The normalized spacial score (nSPS) is 10.1. The molecule has 0 heterocycles. The minimum atomic E-state index is 0.247. The average molecular weight is 218 g/mol. The Kier molecular flexibility index (Phi) is 2.83. The third kappa shape index (κ3) is 2.44. The summed E-state index contributed by atoms with van der Waals surface area (Å²) in [6.07, 6.45) is 0. The molecule has 0 bridgehead atoms. The van der Waals surface area contributed by atoms with E-state index in [1.54, 1.807) is 24.3 Å². The van der Waals surface area contributed by atoms with Crippen molar-refractivity contribution in [3.05, 3.63) is 48.5 Å². The SMILES string of the molecule is Oc1ccc(Sc2ccccc2O)cc1. The van der Waals surface area contributed by atoms with Gasteiger partial charge in [0.25, 0.3) is 0 Å². The van der Waals surface area contributed by atoms with Gasteiger partial charge in [-0.15, -0.1) is 0 Å². The molecule has 0 atom stereocenters. The molecule has 0 radical (unpaired) electrons. The third-order valence-corrected chi connectivity index (χ3v) is 3.00. The van der Waals surface area contributed by atoms with Crippen LogP contribution in [0.25, 0.3) is 0 Å². The first-order valence-electron chi connectivity index (χ1n) is 4.50. The molecule has 15 heavy (non-hydrogen) atoms. The maximum Gasteiger partial charge on any atom is 0.129 e.